The van der Waals surface area contributed by atoms with Crippen LogP contribution in [0.4, 0.5) is 8.78 Å². The van der Waals surface area contributed by atoms with E-state index in [-0.39, 0.29) is 5.69 Å². The van der Waals surface area contributed by atoms with E-state index in [1.54, 1.807) is 12.1 Å². The number of ether oxygens (including phenoxy) is 1. The second kappa shape index (κ2) is 8.28. The number of aromatic nitrogens is 1. The van der Waals surface area contributed by atoms with Crippen LogP contribution in [0, 0.1) is 11.6 Å². The van der Waals surface area contributed by atoms with Crippen molar-refractivity contribution in [1.29, 1.82) is 0 Å². The van der Waals surface area contributed by atoms with Crippen LogP contribution < -0.4 is 20.9 Å². The lowest BCUT2D eigenvalue weighted by molar-refractivity contribution is 0.0117. The van der Waals surface area contributed by atoms with Crippen LogP contribution in [-0.2, 0) is 12.2 Å². The van der Waals surface area contributed by atoms with Gasteiger partial charge in [-0.05, 0) is 41.8 Å². The molecule has 1 saturated heterocycles. The number of aromatic hydroxyl groups is 1. The molecule has 3 aliphatic heterocycles. The number of hydrogen-bond acceptors (Lipinski definition) is 7. The number of thioether (sulfide) groups is 1. The van der Waals surface area contributed by atoms with Crippen molar-refractivity contribution in [2.45, 2.75) is 29.5 Å². The first-order chi connectivity index (χ1) is 16.9. The van der Waals surface area contributed by atoms with Crippen molar-refractivity contribution >= 4 is 17.7 Å². The number of nitrogens with zero attached hydrogens (tertiary/aromatic N) is 2. The third-order valence-corrected chi connectivity index (χ3v) is 7.61. The number of nitrogens with one attached hydrogen (secondary N) is 2. The largest absolute Gasteiger partial charge is 0.502 e. The van der Waals surface area contributed by atoms with E-state index in [4.69, 9.17) is 4.74 Å². The molecule has 0 aliphatic carbocycles. The molecule has 4 heterocycles. The number of hydrogen-bond donors (Lipinski definition) is 3. The van der Waals surface area contributed by atoms with Gasteiger partial charge in [-0.3, -0.25) is 25.0 Å². The van der Waals surface area contributed by atoms with E-state index in [0.29, 0.717) is 36.6 Å². The highest BCUT2D eigenvalue weighted by Gasteiger charge is 2.42. The molecule has 6 rings (SSSR count). The maximum absolute atomic E-state index is 14.3. The van der Waals surface area contributed by atoms with Crippen molar-refractivity contribution in [1.82, 2.24) is 14.9 Å². The van der Waals surface area contributed by atoms with E-state index in [0.717, 1.165) is 22.1 Å². The van der Waals surface area contributed by atoms with Gasteiger partial charge in [-0.1, -0.05) is 6.07 Å². The van der Waals surface area contributed by atoms with E-state index >= 15 is 0 Å². The van der Waals surface area contributed by atoms with Gasteiger partial charge in [0.2, 0.25) is 5.43 Å². The van der Waals surface area contributed by atoms with E-state index < -0.39 is 41.1 Å². The quantitative estimate of drug-likeness (QED) is 0.499. The molecule has 8 nitrogen and oxygen atoms in total. The van der Waals surface area contributed by atoms with Gasteiger partial charge in [0.1, 0.15) is 5.75 Å². The molecule has 1 aromatic heterocycles. The Labute approximate surface area is 202 Å². The van der Waals surface area contributed by atoms with Gasteiger partial charge in [0, 0.05) is 41.6 Å². The molecule has 3 aromatic rings. The summed E-state index contributed by atoms with van der Waals surface area (Å²) in [4.78, 5) is 27.3. The number of rotatable bonds is 2. The fraction of sp³-hybridized carbons (Fsp3) is 0.250. The van der Waals surface area contributed by atoms with Gasteiger partial charge in [0.05, 0.1) is 0 Å². The van der Waals surface area contributed by atoms with Crippen LogP contribution in [0.25, 0.3) is 0 Å². The summed E-state index contributed by atoms with van der Waals surface area (Å²) in [6.07, 6.45) is 0.614. The first-order valence-electron chi connectivity index (χ1n) is 11.0. The van der Waals surface area contributed by atoms with Crippen molar-refractivity contribution < 1.29 is 23.4 Å². The topological polar surface area (TPSA) is 95.8 Å². The number of carbonyl (C=O) groups excluding carboxylic acids is 1. The first-order valence-corrected chi connectivity index (χ1v) is 12.0. The molecular formula is C24H20F2N4O4S. The molecule has 1 fully saturated rings. The standard InChI is InChI=1S/C24H20F2N4O4S/c25-16-3-1-12-9-13-10-14(2-4-18(13)35-11-15(12)19(16)26)34-23-22-28-30-7-5-17(31)21(32)20(30)24(33)29(22)8-6-27-23/h1-5,7,10,22-23,27-28,32H,6,8-9,11H2/t22?,23-/m0/s1. The van der Waals surface area contributed by atoms with Gasteiger partial charge < -0.3 is 14.7 Å². The van der Waals surface area contributed by atoms with Crippen LogP contribution in [0.2, 0.25) is 0 Å². The summed E-state index contributed by atoms with van der Waals surface area (Å²) in [5.74, 6) is -1.82. The number of fused-ring (bicyclic) bond motifs is 4. The Hall–Kier alpha value is -3.57. The van der Waals surface area contributed by atoms with E-state index in [2.05, 4.69) is 10.7 Å². The molecule has 1 unspecified atom stereocenters. The average molecular weight is 499 g/mol. The second-order valence-corrected chi connectivity index (χ2v) is 9.56. The zero-order valence-electron chi connectivity index (χ0n) is 18.3. The minimum atomic E-state index is -0.846. The van der Waals surface area contributed by atoms with Crippen LogP contribution in [0.5, 0.6) is 11.5 Å². The van der Waals surface area contributed by atoms with Crippen LogP contribution in [0.3, 0.4) is 0 Å². The molecule has 2 atom stereocenters. The maximum atomic E-state index is 14.3. The van der Waals surface area contributed by atoms with E-state index in [1.807, 2.05) is 12.1 Å². The summed E-state index contributed by atoms with van der Waals surface area (Å²) in [5, 5.41) is 13.4. The summed E-state index contributed by atoms with van der Waals surface area (Å²) in [6.45, 7) is 0.810. The first kappa shape index (κ1) is 21.9. The summed E-state index contributed by atoms with van der Waals surface area (Å²) in [7, 11) is 0. The Morgan fingerprint density at radius 3 is 2.83 bits per heavy atom. The third kappa shape index (κ3) is 3.62. The molecule has 0 saturated carbocycles. The normalized spacial score (nSPS) is 20.6. The molecule has 180 valence electrons. The van der Waals surface area contributed by atoms with Crippen LogP contribution in [0.15, 0.2) is 52.3 Å². The fourth-order valence-electron chi connectivity index (χ4n) is 4.69. The Morgan fingerprint density at radius 2 is 1.97 bits per heavy atom. The minimum Gasteiger partial charge on any atom is -0.502 e. The monoisotopic (exact) mass is 498 g/mol. The Bertz CT molecular complexity index is 1430. The highest BCUT2D eigenvalue weighted by atomic mass is 32.2. The number of piperazine rings is 1. The van der Waals surface area contributed by atoms with Crippen molar-refractivity contribution in [2.24, 2.45) is 0 Å². The lowest BCUT2D eigenvalue weighted by atomic mass is 10.00. The Morgan fingerprint density at radius 1 is 1.11 bits per heavy atom. The third-order valence-electron chi connectivity index (χ3n) is 6.47. The molecule has 2 aromatic carbocycles. The summed E-state index contributed by atoms with van der Waals surface area (Å²) < 4.78 is 35.6. The predicted molar refractivity (Wildman–Crippen MR) is 124 cm³/mol. The van der Waals surface area contributed by atoms with Crippen molar-refractivity contribution in [3.63, 3.8) is 0 Å². The van der Waals surface area contributed by atoms with Gasteiger partial charge >= 0.3 is 0 Å². The van der Waals surface area contributed by atoms with Gasteiger partial charge in [0.15, 0.2) is 35.5 Å². The lowest BCUT2D eigenvalue weighted by Crippen LogP contribution is -2.68. The Balaban J connectivity index is 1.28. The van der Waals surface area contributed by atoms with Crippen LogP contribution >= 0.6 is 11.8 Å². The zero-order chi connectivity index (χ0) is 24.3. The number of carbonyl (C=O) groups is 1. The molecule has 0 spiro atoms. The maximum Gasteiger partial charge on any atom is 0.278 e. The SMILES string of the molecule is O=C1c2c(O)c(=O)ccn2NC2[C@H](Oc3ccc4c(c3)Cc3ccc(F)c(F)c3CS4)NCCN12. The minimum absolute atomic E-state index is 0.112. The molecule has 1 amide bonds. The van der Waals surface area contributed by atoms with Crippen LogP contribution in [0.1, 0.15) is 27.2 Å². The van der Waals surface area contributed by atoms with Crippen molar-refractivity contribution in [3.8, 4) is 11.5 Å². The molecule has 11 heteroatoms. The van der Waals surface area contributed by atoms with Gasteiger partial charge in [0.25, 0.3) is 5.91 Å². The lowest BCUT2D eigenvalue weighted by Gasteiger charge is -2.45. The van der Waals surface area contributed by atoms with Crippen LogP contribution in [-0.4, -0.2) is 46.1 Å². The average Bonchev–Trinajstić information content (AvgIpc) is 3.04. The summed E-state index contributed by atoms with van der Waals surface area (Å²) in [6, 6.07) is 9.53. The van der Waals surface area contributed by atoms with Crippen molar-refractivity contribution in [3.05, 3.63) is 86.8 Å². The zero-order valence-corrected chi connectivity index (χ0v) is 19.1. The summed E-state index contributed by atoms with van der Waals surface area (Å²) in [5.41, 5.74) is 4.43. The number of amides is 1. The van der Waals surface area contributed by atoms with Gasteiger partial charge in [-0.15, -0.1) is 11.8 Å². The molecule has 0 bridgehead atoms. The molecular weight excluding hydrogens is 478 g/mol. The van der Waals surface area contributed by atoms with Gasteiger partial charge in [-0.25, -0.2) is 8.78 Å². The predicted octanol–water partition coefficient (Wildman–Crippen LogP) is 2.36. The van der Waals surface area contributed by atoms with E-state index in [1.165, 1.54) is 33.6 Å². The van der Waals surface area contributed by atoms with Crippen molar-refractivity contribution in [2.75, 3.05) is 18.5 Å². The smallest absolute Gasteiger partial charge is 0.278 e. The Kier molecular flexibility index (Phi) is 5.19. The molecule has 0 radical (unpaired) electrons. The van der Waals surface area contributed by atoms with Gasteiger partial charge in [-0.2, -0.15) is 0 Å². The number of halogens is 2. The molecule has 35 heavy (non-hydrogen) atoms. The molecule has 3 aliphatic rings. The number of pyridine rings is 1. The highest BCUT2D eigenvalue weighted by Crippen LogP contribution is 2.37. The molecule has 3 N–H and O–H groups in total. The van der Waals surface area contributed by atoms with E-state index in [9.17, 15) is 23.5 Å². The number of benzene rings is 2. The fourth-order valence-corrected chi connectivity index (χ4v) is 5.79. The summed E-state index contributed by atoms with van der Waals surface area (Å²) >= 11 is 1.45. The second-order valence-electron chi connectivity index (χ2n) is 8.55. The highest BCUT2D eigenvalue weighted by molar-refractivity contribution is 7.98.